The number of hydrogen-bond donors (Lipinski definition) is 1. The molecule has 6 heteroatoms. The Morgan fingerprint density at radius 2 is 2.24 bits per heavy atom. The number of ketones is 1. The number of rotatable bonds is 6. The van der Waals surface area contributed by atoms with Crippen molar-refractivity contribution < 1.29 is 4.79 Å². The molecule has 1 saturated carbocycles. The molecule has 3 rings (SSSR count). The van der Waals surface area contributed by atoms with Gasteiger partial charge in [0.1, 0.15) is 5.82 Å². The van der Waals surface area contributed by atoms with Crippen LogP contribution >= 0.6 is 23.1 Å². The lowest BCUT2D eigenvalue weighted by Crippen LogP contribution is -2.01. The molecule has 2 aromatic heterocycles. The number of hydrogen-bond acceptors (Lipinski definition) is 5. The molecule has 0 atom stereocenters. The number of aromatic nitrogens is 3. The van der Waals surface area contributed by atoms with E-state index in [0.29, 0.717) is 10.9 Å². The molecule has 0 aliphatic heterocycles. The van der Waals surface area contributed by atoms with Crippen molar-refractivity contribution in [1.82, 2.24) is 15.2 Å². The Labute approximate surface area is 132 Å². The minimum atomic E-state index is 0.153. The first-order chi connectivity index (χ1) is 10.2. The van der Waals surface area contributed by atoms with Gasteiger partial charge >= 0.3 is 0 Å². The van der Waals surface area contributed by atoms with Gasteiger partial charge in [0.05, 0.1) is 10.6 Å². The lowest BCUT2D eigenvalue weighted by atomic mass is 10.0. The highest BCUT2D eigenvalue weighted by atomic mass is 32.2. The lowest BCUT2D eigenvalue weighted by Gasteiger charge is -2.03. The molecule has 0 radical (unpaired) electrons. The van der Waals surface area contributed by atoms with Crippen molar-refractivity contribution in [2.75, 3.05) is 5.75 Å². The Kier molecular flexibility index (Phi) is 4.75. The summed E-state index contributed by atoms with van der Waals surface area (Å²) in [6.45, 7) is 2.01. The highest BCUT2D eigenvalue weighted by molar-refractivity contribution is 7.99. The van der Waals surface area contributed by atoms with Crippen molar-refractivity contribution in [2.24, 2.45) is 5.92 Å². The van der Waals surface area contributed by atoms with E-state index in [1.165, 1.54) is 42.3 Å². The molecular weight excluding hydrogens is 302 g/mol. The molecular formula is C15H19N3OS2. The summed E-state index contributed by atoms with van der Waals surface area (Å²) < 4.78 is 0. The number of carbonyl (C=O) groups is 1. The Balaban J connectivity index is 1.51. The summed E-state index contributed by atoms with van der Waals surface area (Å²) in [7, 11) is 0. The minimum absolute atomic E-state index is 0.153. The van der Waals surface area contributed by atoms with Gasteiger partial charge in [0.2, 0.25) is 5.16 Å². The van der Waals surface area contributed by atoms with E-state index in [-0.39, 0.29) is 5.78 Å². The van der Waals surface area contributed by atoms with Gasteiger partial charge in [-0.2, -0.15) is 0 Å². The maximum Gasteiger partial charge on any atom is 0.208 e. The highest BCUT2D eigenvalue weighted by Crippen LogP contribution is 2.27. The van der Waals surface area contributed by atoms with Crippen molar-refractivity contribution in [2.45, 2.75) is 44.2 Å². The van der Waals surface area contributed by atoms with Crippen molar-refractivity contribution in [1.29, 1.82) is 0 Å². The van der Waals surface area contributed by atoms with Gasteiger partial charge in [-0.1, -0.05) is 37.4 Å². The van der Waals surface area contributed by atoms with E-state index < -0.39 is 0 Å². The first-order valence-electron chi connectivity index (χ1n) is 7.34. The second kappa shape index (κ2) is 6.75. The third kappa shape index (κ3) is 3.95. The van der Waals surface area contributed by atoms with Crippen LogP contribution in [0.25, 0.3) is 0 Å². The Hall–Kier alpha value is -1.14. The van der Waals surface area contributed by atoms with Gasteiger partial charge in [-0.15, -0.1) is 16.4 Å². The van der Waals surface area contributed by atoms with E-state index in [4.69, 9.17) is 0 Å². The fraction of sp³-hybridized carbons (Fsp3) is 0.533. The van der Waals surface area contributed by atoms with Gasteiger partial charge in [-0.05, 0) is 25.0 Å². The van der Waals surface area contributed by atoms with Crippen molar-refractivity contribution >= 4 is 28.9 Å². The molecule has 1 N–H and O–H groups in total. The zero-order valence-corrected chi connectivity index (χ0v) is 13.7. The molecule has 2 aromatic rings. The molecule has 21 heavy (non-hydrogen) atoms. The molecule has 1 aliphatic carbocycles. The summed E-state index contributed by atoms with van der Waals surface area (Å²) in [6.07, 6.45) is 6.29. The zero-order valence-electron chi connectivity index (χ0n) is 12.1. The Morgan fingerprint density at radius 3 is 2.95 bits per heavy atom. The number of aromatic amines is 1. The summed E-state index contributed by atoms with van der Waals surface area (Å²) in [5, 5.41) is 7.90. The summed E-state index contributed by atoms with van der Waals surface area (Å²) in [4.78, 5) is 18.5. The van der Waals surface area contributed by atoms with Gasteiger partial charge in [0.15, 0.2) is 5.78 Å². The number of nitrogens with zero attached hydrogens (tertiary/aromatic N) is 2. The standard InChI is InChI=1S/C15H19N3OS2/c1-10-6-7-13(21-10)12(19)9-20-15-16-14(17-18-15)8-11-4-2-3-5-11/h6-7,11H,2-5,8-9H2,1H3,(H,16,17,18). The van der Waals surface area contributed by atoms with E-state index in [1.54, 1.807) is 11.3 Å². The lowest BCUT2D eigenvalue weighted by molar-refractivity contribution is 0.102. The third-order valence-corrected chi connectivity index (χ3v) is 5.70. The van der Waals surface area contributed by atoms with E-state index in [9.17, 15) is 4.79 Å². The second-order valence-electron chi connectivity index (χ2n) is 5.54. The van der Waals surface area contributed by atoms with Gasteiger partial charge in [0, 0.05) is 11.3 Å². The molecule has 0 saturated heterocycles. The summed E-state index contributed by atoms with van der Waals surface area (Å²) in [5.74, 6) is 2.27. The van der Waals surface area contributed by atoms with Gasteiger partial charge in [-0.3, -0.25) is 9.89 Å². The Morgan fingerprint density at radius 1 is 1.43 bits per heavy atom. The number of thiophene rings is 1. The van der Waals surface area contributed by atoms with Crippen LogP contribution in [0.1, 0.15) is 46.1 Å². The number of H-pyrrole nitrogens is 1. The second-order valence-corrected chi connectivity index (χ2v) is 7.77. The quantitative estimate of drug-likeness (QED) is 0.648. The smallest absolute Gasteiger partial charge is 0.208 e. The molecule has 0 aromatic carbocycles. The van der Waals surface area contributed by atoms with Gasteiger partial charge < -0.3 is 0 Å². The van der Waals surface area contributed by atoms with Crippen LogP contribution in [0, 0.1) is 12.8 Å². The number of thioether (sulfide) groups is 1. The average molecular weight is 321 g/mol. The van der Waals surface area contributed by atoms with Crippen LogP contribution in [-0.2, 0) is 6.42 Å². The molecule has 112 valence electrons. The normalized spacial score (nSPS) is 15.7. The number of Topliss-reactive ketones (excluding diaryl/α,β-unsaturated/α-hetero) is 1. The number of carbonyl (C=O) groups excluding carboxylic acids is 1. The predicted octanol–water partition coefficient (Wildman–Crippen LogP) is 3.88. The van der Waals surface area contributed by atoms with Crippen LogP contribution in [0.4, 0.5) is 0 Å². The maximum absolute atomic E-state index is 12.0. The summed E-state index contributed by atoms with van der Waals surface area (Å²) >= 11 is 2.96. The van der Waals surface area contributed by atoms with Crippen LogP contribution in [0.15, 0.2) is 17.3 Å². The molecule has 0 amide bonds. The van der Waals surface area contributed by atoms with Crippen LogP contribution in [0.5, 0.6) is 0 Å². The third-order valence-electron chi connectivity index (χ3n) is 3.82. The van der Waals surface area contributed by atoms with Crippen molar-refractivity contribution in [3.63, 3.8) is 0 Å². The monoisotopic (exact) mass is 321 g/mol. The van der Waals surface area contributed by atoms with Crippen LogP contribution in [0.3, 0.4) is 0 Å². The van der Waals surface area contributed by atoms with Gasteiger partial charge in [-0.25, -0.2) is 4.98 Å². The number of aryl methyl sites for hydroxylation is 1. The van der Waals surface area contributed by atoms with Crippen LogP contribution < -0.4 is 0 Å². The number of nitrogens with one attached hydrogen (secondary N) is 1. The maximum atomic E-state index is 12.0. The van der Waals surface area contributed by atoms with E-state index >= 15 is 0 Å². The molecule has 2 heterocycles. The SMILES string of the molecule is Cc1ccc(C(=O)CSc2n[nH]c(CC3CCCC3)n2)s1. The van der Waals surface area contributed by atoms with Gasteiger partial charge in [0.25, 0.3) is 0 Å². The largest absolute Gasteiger partial charge is 0.292 e. The average Bonchev–Trinajstić information content (AvgIpc) is 3.19. The summed E-state index contributed by atoms with van der Waals surface area (Å²) in [5.41, 5.74) is 0. The highest BCUT2D eigenvalue weighted by Gasteiger charge is 2.18. The molecule has 1 aliphatic rings. The Bertz CT molecular complexity index is 614. The fourth-order valence-electron chi connectivity index (χ4n) is 2.71. The molecule has 1 fully saturated rings. The molecule has 4 nitrogen and oxygen atoms in total. The summed E-state index contributed by atoms with van der Waals surface area (Å²) in [6, 6.07) is 3.88. The predicted molar refractivity (Wildman–Crippen MR) is 86.2 cm³/mol. The molecule has 0 spiro atoms. The van der Waals surface area contributed by atoms with E-state index in [1.807, 2.05) is 19.1 Å². The van der Waals surface area contributed by atoms with Crippen molar-refractivity contribution in [3.8, 4) is 0 Å². The van der Waals surface area contributed by atoms with Crippen molar-refractivity contribution in [3.05, 3.63) is 27.7 Å². The molecule has 0 unspecified atom stereocenters. The molecule has 0 bridgehead atoms. The topological polar surface area (TPSA) is 58.6 Å². The zero-order chi connectivity index (χ0) is 14.7. The van der Waals surface area contributed by atoms with E-state index in [2.05, 4.69) is 15.2 Å². The van der Waals surface area contributed by atoms with Crippen LogP contribution in [-0.4, -0.2) is 26.7 Å². The first kappa shape index (κ1) is 14.8. The first-order valence-corrected chi connectivity index (χ1v) is 9.14. The minimum Gasteiger partial charge on any atom is -0.292 e. The fourth-order valence-corrected chi connectivity index (χ4v) is 4.30. The van der Waals surface area contributed by atoms with Crippen LogP contribution in [0.2, 0.25) is 0 Å². The van der Waals surface area contributed by atoms with E-state index in [0.717, 1.165) is 23.0 Å².